The third kappa shape index (κ3) is 4.47. The predicted molar refractivity (Wildman–Crippen MR) is 216 cm³/mol. The molecule has 0 amide bonds. The van der Waals surface area contributed by atoms with Crippen LogP contribution in [0.4, 0.5) is 0 Å². The quantitative estimate of drug-likeness (QED) is 0.185. The van der Waals surface area contributed by atoms with E-state index in [9.17, 15) is 0 Å². The fourth-order valence-corrected chi connectivity index (χ4v) is 9.77. The lowest BCUT2D eigenvalue weighted by atomic mass is 10.0. The van der Waals surface area contributed by atoms with Crippen LogP contribution in [0.25, 0.3) is 102 Å². The van der Waals surface area contributed by atoms with Gasteiger partial charge in [0.25, 0.3) is 0 Å². The number of hydrogen-bond donors (Lipinski definition) is 0. The molecule has 0 fully saturated rings. The van der Waals surface area contributed by atoms with E-state index in [1.54, 1.807) is 0 Å². The molecule has 11 aromatic rings. The number of nitrogens with zero attached hydrogens (tertiary/aromatic N) is 4. The van der Waals surface area contributed by atoms with Gasteiger partial charge in [0, 0.05) is 73.5 Å². The molecular formula is C45H26N4S2. The molecule has 4 aromatic heterocycles. The maximum absolute atomic E-state index is 5.12. The van der Waals surface area contributed by atoms with Crippen molar-refractivity contribution < 1.29 is 0 Å². The number of thiophene rings is 2. The first-order valence-corrected chi connectivity index (χ1v) is 18.6. The van der Waals surface area contributed by atoms with Crippen LogP contribution < -0.4 is 0 Å². The molecule has 11 rings (SSSR count). The van der Waals surface area contributed by atoms with Crippen molar-refractivity contribution in [3.8, 4) is 39.9 Å². The standard InChI is InChI=1S/C45H26N4S2/c1-3-12-27(13-4-1)43-46-44(28-14-5-2-6-15-28)48-45(47-43)32-18-11-21-40-42(32)35-24-29(22-23-39(35)50-40)49-36-19-9-7-16-30(36)33-26-41-34(25-37(33)49)31-17-8-10-20-38(31)51-41/h1-26H. The molecule has 0 saturated heterocycles. The van der Waals surface area contributed by atoms with Gasteiger partial charge in [0.15, 0.2) is 17.5 Å². The molecule has 0 saturated carbocycles. The van der Waals surface area contributed by atoms with E-state index in [1.165, 1.54) is 56.8 Å². The number of rotatable bonds is 4. The van der Waals surface area contributed by atoms with E-state index in [2.05, 4.69) is 126 Å². The second kappa shape index (κ2) is 11.2. The van der Waals surface area contributed by atoms with E-state index in [1.807, 2.05) is 59.1 Å². The van der Waals surface area contributed by atoms with Crippen LogP contribution in [-0.4, -0.2) is 19.5 Å². The predicted octanol–water partition coefficient (Wildman–Crippen LogP) is 12.7. The van der Waals surface area contributed by atoms with Crippen LogP contribution in [0.1, 0.15) is 0 Å². The molecule has 7 aromatic carbocycles. The largest absolute Gasteiger partial charge is 0.309 e. The van der Waals surface area contributed by atoms with Gasteiger partial charge in [-0.05, 0) is 48.5 Å². The molecular weight excluding hydrogens is 661 g/mol. The van der Waals surface area contributed by atoms with E-state index in [-0.39, 0.29) is 0 Å². The smallest absolute Gasteiger partial charge is 0.164 e. The number of hydrogen-bond acceptors (Lipinski definition) is 5. The van der Waals surface area contributed by atoms with E-state index >= 15 is 0 Å². The molecule has 0 aliphatic carbocycles. The van der Waals surface area contributed by atoms with Crippen LogP contribution >= 0.6 is 22.7 Å². The van der Waals surface area contributed by atoms with E-state index in [0.29, 0.717) is 17.5 Å². The number of benzene rings is 7. The fourth-order valence-electron chi connectivity index (χ4n) is 7.53. The Labute approximate surface area is 300 Å². The highest BCUT2D eigenvalue weighted by Gasteiger charge is 2.19. The normalized spacial score (nSPS) is 11.9. The first-order valence-electron chi connectivity index (χ1n) is 16.9. The van der Waals surface area contributed by atoms with Gasteiger partial charge in [0.2, 0.25) is 0 Å². The maximum atomic E-state index is 5.12. The minimum Gasteiger partial charge on any atom is -0.309 e. The summed E-state index contributed by atoms with van der Waals surface area (Å²) in [5, 5.41) is 7.49. The second-order valence-corrected chi connectivity index (χ2v) is 15.0. The average Bonchev–Trinajstić information content (AvgIpc) is 3.86. The van der Waals surface area contributed by atoms with Gasteiger partial charge in [-0.25, -0.2) is 15.0 Å². The number of para-hydroxylation sites is 1. The van der Waals surface area contributed by atoms with Crippen molar-refractivity contribution in [2.45, 2.75) is 0 Å². The van der Waals surface area contributed by atoms with Crippen LogP contribution in [0, 0.1) is 0 Å². The van der Waals surface area contributed by atoms with Crippen LogP contribution in [0.2, 0.25) is 0 Å². The lowest BCUT2D eigenvalue weighted by Crippen LogP contribution is -2.00. The molecule has 0 unspecified atom stereocenters. The monoisotopic (exact) mass is 686 g/mol. The van der Waals surface area contributed by atoms with Crippen molar-refractivity contribution in [2.75, 3.05) is 0 Å². The second-order valence-electron chi connectivity index (χ2n) is 12.8. The molecule has 0 N–H and O–H groups in total. The summed E-state index contributed by atoms with van der Waals surface area (Å²) in [6.07, 6.45) is 0. The van der Waals surface area contributed by atoms with Crippen molar-refractivity contribution in [3.63, 3.8) is 0 Å². The third-order valence-corrected chi connectivity index (χ3v) is 12.1. The maximum Gasteiger partial charge on any atom is 0.164 e. The average molecular weight is 687 g/mol. The summed E-state index contributed by atoms with van der Waals surface area (Å²) in [7, 11) is 0. The number of fused-ring (bicyclic) bond motifs is 9. The van der Waals surface area contributed by atoms with Crippen molar-refractivity contribution in [3.05, 3.63) is 158 Å². The van der Waals surface area contributed by atoms with Gasteiger partial charge in [0.05, 0.1) is 11.0 Å². The van der Waals surface area contributed by atoms with Gasteiger partial charge in [-0.15, -0.1) is 22.7 Å². The Kier molecular flexibility index (Phi) is 6.26. The van der Waals surface area contributed by atoms with E-state index in [0.717, 1.165) is 27.8 Å². The van der Waals surface area contributed by atoms with E-state index in [4.69, 9.17) is 15.0 Å². The topological polar surface area (TPSA) is 43.6 Å². The molecule has 0 radical (unpaired) electrons. The van der Waals surface area contributed by atoms with Crippen LogP contribution in [0.5, 0.6) is 0 Å². The van der Waals surface area contributed by atoms with Crippen molar-refractivity contribution in [2.24, 2.45) is 0 Å². The Hall–Kier alpha value is -6.21. The molecule has 0 aliphatic heterocycles. The molecule has 0 spiro atoms. The summed E-state index contributed by atoms with van der Waals surface area (Å²) in [4.78, 5) is 15.2. The summed E-state index contributed by atoms with van der Waals surface area (Å²) < 4.78 is 7.51. The minimum atomic E-state index is 0.661. The summed E-state index contributed by atoms with van der Waals surface area (Å²) in [5.41, 5.74) is 6.47. The molecule has 6 heteroatoms. The van der Waals surface area contributed by atoms with Gasteiger partial charge in [-0.1, -0.05) is 109 Å². The Balaban J connectivity index is 1.17. The highest BCUT2D eigenvalue weighted by Crippen LogP contribution is 2.43. The lowest BCUT2D eigenvalue weighted by molar-refractivity contribution is 1.08. The zero-order valence-corrected chi connectivity index (χ0v) is 28.7. The molecule has 0 bridgehead atoms. The van der Waals surface area contributed by atoms with Crippen LogP contribution in [0.15, 0.2) is 158 Å². The Bertz CT molecular complexity index is 3080. The van der Waals surface area contributed by atoms with E-state index < -0.39 is 0 Å². The summed E-state index contributed by atoms with van der Waals surface area (Å²) in [6, 6.07) is 56.0. The SMILES string of the molecule is c1ccc(-c2nc(-c3ccccc3)nc(-c3cccc4sc5ccc(-n6c7ccccc7c7cc8sc9ccccc9c8cc76)cc5c34)n2)cc1. The number of aromatic nitrogens is 4. The highest BCUT2D eigenvalue weighted by atomic mass is 32.1. The van der Waals surface area contributed by atoms with Gasteiger partial charge in [-0.3, -0.25) is 0 Å². The van der Waals surface area contributed by atoms with Crippen molar-refractivity contribution in [1.82, 2.24) is 19.5 Å². The minimum absolute atomic E-state index is 0.661. The molecule has 4 heterocycles. The first kappa shape index (κ1) is 28.6. The zero-order valence-electron chi connectivity index (χ0n) is 27.1. The van der Waals surface area contributed by atoms with Crippen LogP contribution in [0.3, 0.4) is 0 Å². The summed E-state index contributed by atoms with van der Waals surface area (Å²) >= 11 is 3.68. The Morgan fingerprint density at radius 2 is 1.00 bits per heavy atom. The Morgan fingerprint density at radius 1 is 0.373 bits per heavy atom. The molecule has 51 heavy (non-hydrogen) atoms. The zero-order chi connectivity index (χ0) is 33.5. The van der Waals surface area contributed by atoms with Crippen molar-refractivity contribution in [1.29, 1.82) is 0 Å². The first-order chi connectivity index (χ1) is 25.3. The van der Waals surface area contributed by atoms with Gasteiger partial charge < -0.3 is 4.57 Å². The summed E-state index contributed by atoms with van der Waals surface area (Å²) in [6.45, 7) is 0. The van der Waals surface area contributed by atoms with Gasteiger partial charge >= 0.3 is 0 Å². The van der Waals surface area contributed by atoms with Gasteiger partial charge in [0.1, 0.15) is 0 Å². The molecule has 238 valence electrons. The fraction of sp³-hybridized carbons (Fsp3) is 0. The molecule has 4 nitrogen and oxygen atoms in total. The molecule has 0 atom stereocenters. The van der Waals surface area contributed by atoms with Crippen molar-refractivity contribution >= 4 is 84.8 Å². The van der Waals surface area contributed by atoms with Gasteiger partial charge in [-0.2, -0.15) is 0 Å². The molecule has 0 aliphatic rings. The highest BCUT2D eigenvalue weighted by molar-refractivity contribution is 7.26. The lowest BCUT2D eigenvalue weighted by Gasteiger charge is -2.11. The third-order valence-electron chi connectivity index (χ3n) is 9.85. The summed E-state index contributed by atoms with van der Waals surface area (Å²) in [5.74, 6) is 1.99. The Morgan fingerprint density at radius 3 is 1.78 bits per heavy atom. The van der Waals surface area contributed by atoms with Crippen LogP contribution in [-0.2, 0) is 0 Å².